The summed E-state index contributed by atoms with van der Waals surface area (Å²) in [5, 5.41) is -0.491. The summed E-state index contributed by atoms with van der Waals surface area (Å²) in [5.74, 6) is -0.806. The second-order valence-electron chi connectivity index (χ2n) is 3.97. The van der Waals surface area contributed by atoms with Crippen LogP contribution in [0.25, 0.3) is 0 Å². The molecular weight excluding hydrogens is 243 g/mol. The standard InChI is InChI=1S/C11H13FN2O2S/c1-9-4-3-7-14(8-9)17(15,16)11-10(12)5-2-6-13-11/h2,4-6H,3,7-8H2,1H3. The Bertz CT molecular complexity index is 554. The van der Waals surface area contributed by atoms with E-state index < -0.39 is 20.9 Å². The third-order valence-electron chi connectivity index (χ3n) is 2.61. The number of sulfonamides is 1. The molecule has 0 atom stereocenters. The summed E-state index contributed by atoms with van der Waals surface area (Å²) in [6.07, 6.45) is 3.92. The zero-order valence-electron chi connectivity index (χ0n) is 9.43. The topological polar surface area (TPSA) is 50.3 Å². The van der Waals surface area contributed by atoms with Crippen molar-refractivity contribution in [1.82, 2.24) is 9.29 Å². The van der Waals surface area contributed by atoms with E-state index in [0.717, 1.165) is 11.6 Å². The van der Waals surface area contributed by atoms with Gasteiger partial charge in [-0.25, -0.2) is 17.8 Å². The van der Waals surface area contributed by atoms with E-state index in [1.54, 1.807) is 0 Å². The third kappa shape index (κ3) is 2.37. The van der Waals surface area contributed by atoms with Gasteiger partial charge in [0.25, 0.3) is 10.0 Å². The van der Waals surface area contributed by atoms with Crippen LogP contribution in [0.5, 0.6) is 0 Å². The van der Waals surface area contributed by atoms with E-state index in [4.69, 9.17) is 0 Å². The lowest BCUT2D eigenvalue weighted by Gasteiger charge is -2.24. The van der Waals surface area contributed by atoms with Crippen LogP contribution < -0.4 is 0 Å². The molecule has 2 rings (SSSR count). The molecule has 1 aromatic heterocycles. The monoisotopic (exact) mass is 256 g/mol. The van der Waals surface area contributed by atoms with Crippen LogP contribution in [0.3, 0.4) is 0 Å². The molecule has 0 radical (unpaired) electrons. The van der Waals surface area contributed by atoms with Gasteiger partial charge < -0.3 is 0 Å². The van der Waals surface area contributed by atoms with Gasteiger partial charge in [-0.1, -0.05) is 11.6 Å². The van der Waals surface area contributed by atoms with Crippen LogP contribution in [0.15, 0.2) is 35.0 Å². The first-order valence-electron chi connectivity index (χ1n) is 5.28. The van der Waals surface area contributed by atoms with Gasteiger partial charge in [0.1, 0.15) is 0 Å². The number of hydrogen-bond acceptors (Lipinski definition) is 3. The molecule has 0 aliphatic carbocycles. The van der Waals surface area contributed by atoms with Crippen LogP contribution in [0.1, 0.15) is 13.3 Å². The largest absolute Gasteiger partial charge is 0.263 e. The molecule has 1 aromatic rings. The first kappa shape index (κ1) is 12.2. The van der Waals surface area contributed by atoms with E-state index in [1.165, 1.54) is 16.6 Å². The maximum Gasteiger partial charge on any atom is 0.263 e. The number of halogens is 1. The minimum atomic E-state index is -3.82. The molecule has 0 spiro atoms. The fourth-order valence-electron chi connectivity index (χ4n) is 1.77. The highest BCUT2D eigenvalue weighted by Crippen LogP contribution is 2.20. The fraction of sp³-hybridized carbons (Fsp3) is 0.364. The van der Waals surface area contributed by atoms with E-state index >= 15 is 0 Å². The molecule has 6 heteroatoms. The lowest BCUT2D eigenvalue weighted by molar-refractivity contribution is 0.420. The van der Waals surface area contributed by atoms with Crippen LogP contribution in [0, 0.1) is 5.82 Å². The Morgan fingerprint density at radius 2 is 2.24 bits per heavy atom. The van der Waals surface area contributed by atoms with Crippen molar-refractivity contribution in [3.05, 3.63) is 35.8 Å². The molecule has 17 heavy (non-hydrogen) atoms. The van der Waals surface area contributed by atoms with Crippen molar-refractivity contribution < 1.29 is 12.8 Å². The molecule has 0 N–H and O–H groups in total. The summed E-state index contributed by atoms with van der Waals surface area (Å²) in [5.41, 5.74) is 0.969. The zero-order valence-corrected chi connectivity index (χ0v) is 10.2. The minimum absolute atomic E-state index is 0.304. The predicted octanol–water partition coefficient (Wildman–Crippen LogP) is 1.56. The molecule has 0 saturated carbocycles. The lowest BCUT2D eigenvalue weighted by Crippen LogP contribution is -2.36. The number of hydrogen-bond donors (Lipinski definition) is 0. The van der Waals surface area contributed by atoms with Crippen molar-refractivity contribution in [1.29, 1.82) is 0 Å². The molecule has 4 nitrogen and oxygen atoms in total. The maximum atomic E-state index is 13.5. The van der Waals surface area contributed by atoms with E-state index in [9.17, 15) is 12.8 Å². The van der Waals surface area contributed by atoms with Gasteiger partial charge in [0.05, 0.1) is 0 Å². The molecule has 0 aromatic carbocycles. The predicted molar refractivity (Wildman–Crippen MR) is 61.3 cm³/mol. The second kappa shape index (κ2) is 4.54. The summed E-state index contributed by atoms with van der Waals surface area (Å²) >= 11 is 0. The highest BCUT2D eigenvalue weighted by molar-refractivity contribution is 7.89. The first-order chi connectivity index (χ1) is 8.01. The summed E-state index contributed by atoms with van der Waals surface area (Å²) in [7, 11) is -3.82. The van der Waals surface area contributed by atoms with Crippen LogP contribution in [-0.2, 0) is 10.0 Å². The molecule has 2 heterocycles. The second-order valence-corrected chi connectivity index (χ2v) is 5.82. The summed E-state index contributed by atoms with van der Waals surface area (Å²) in [6, 6.07) is 2.47. The van der Waals surface area contributed by atoms with Crippen LogP contribution in [0.2, 0.25) is 0 Å². The molecule has 0 unspecified atom stereocenters. The quantitative estimate of drug-likeness (QED) is 0.755. The smallest absolute Gasteiger partial charge is 0.241 e. The number of pyridine rings is 1. The van der Waals surface area contributed by atoms with Gasteiger partial charge in [-0.05, 0) is 25.5 Å². The van der Waals surface area contributed by atoms with Crippen molar-refractivity contribution >= 4 is 10.0 Å². The van der Waals surface area contributed by atoms with Crippen LogP contribution in [-0.4, -0.2) is 30.8 Å². The van der Waals surface area contributed by atoms with Crippen molar-refractivity contribution in [2.75, 3.05) is 13.1 Å². The third-order valence-corrected chi connectivity index (χ3v) is 4.39. The average molecular weight is 256 g/mol. The highest BCUT2D eigenvalue weighted by Gasteiger charge is 2.29. The Kier molecular flexibility index (Phi) is 3.26. The van der Waals surface area contributed by atoms with Gasteiger partial charge >= 0.3 is 0 Å². The molecule has 0 fully saturated rings. The maximum absolute atomic E-state index is 13.5. The number of aromatic nitrogens is 1. The molecule has 0 saturated heterocycles. The van der Waals surface area contributed by atoms with Gasteiger partial charge in [0.15, 0.2) is 5.82 Å². The van der Waals surface area contributed by atoms with Gasteiger partial charge in [-0.2, -0.15) is 4.31 Å². The van der Waals surface area contributed by atoms with Gasteiger partial charge in [-0.15, -0.1) is 0 Å². The summed E-state index contributed by atoms with van der Waals surface area (Å²) in [4.78, 5) is 3.63. The Labute approximate surface area is 99.8 Å². The Hall–Kier alpha value is -1.27. The van der Waals surface area contributed by atoms with Gasteiger partial charge in [0.2, 0.25) is 5.03 Å². The Balaban J connectivity index is 2.38. The van der Waals surface area contributed by atoms with Crippen molar-refractivity contribution in [3.8, 4) is 0 Å². The molecule has 1 aliphatic heterocycles. The zero-order chi connectivity index (χ0) is 12.5. The van der Waals surface area contributed by atoms with Crippen molar-refractivity contribution in [2.45, 2.75) is 18.4 Å². The van der Waals surface area contributed by atoms with E-state index in [0.29, 0.717) is 19.5 Å². The number of nitrogens with zero attached hydrogens (tertiary/aromatic N) is 2. The molecule has 1 aliphatic rings. The molecule has 92 valence electrons. The first-order valence-corrected chi connectivity index (χ1v) is 6.72. The van der Waals surface area contributed by atoms with Crippen molar-refractivity contribution in [3.63, 3.8) is 0 Å². The summed E-state index contributed by atoms with van der Waals surface area (Å²) < 4.78 is 39.0. The van der Waals surface area contributed by atoms with E-state index in [-0.39, 0.29) is 0 Å². The van der Waals surface area contributed by atoms with Crippen LogP contribution in [0.4, 0.5) is 4.39 Å². The van der Waals surface area contributed by atoms with Crippen LogP contribution >= 0.6 is 0 Å². The van der Waals surface area contributed by atoms with Gasteiger partial charge in [0, 0.05) is 19.3 Å². The SMILES string of the molecule is CC1=CCCN(S(=O)(=O)c2ncccc2F)C1. The molecule has 0 amide bonds. The Morgan fingerprint density at radius 3 is 2.88 bits per heavy atom. The Morgan fingerprint density at radius 1 is 1.47 bits per heavy atom. The van der Waals surface area contributed by atoms with E-state index in [1.807, 2.05) is 13.0 Å². The minimum Gasteiger partial charge on any atom is -0.241 e. The molecule has 0 bridgehead atoms. The van der Waals surface area contributed by atoms with Gasteiger partial charge in [-0.3, -0.25) is 0 Å². The van der Waals surface area contributed by atoms with Crippen molar-refractivity contribution in [2.24, 2.45) is 0 Å². The summed E-state index contributed by atoms with van der Waals surface area (Å²) in [6.45, 7) is 2.53. The van der Waals surface area contributed by atoms with E-state index in [2.05, 4.69) is 4.98 Å². The lowest BCUT2D eigenvalue weighted by atomic mass is 10.2. The normalized spacial score (nSPS) is 17.9. The number of rotatable bonds is 2. The average Bonchev–Trinajstić information content (AvgIpc) is 2.29. The highest BCUT2D eigenvalue weighted by atomic mass is 32.2. The fourth-order valence-corrected chi connectivity index (χ4v) is 3.24. The molecular formula is C11H13FN2O2S.